The first-order chi connectivity index (χ1) is 17.0. The molecule has 4 rings (SSSR count). The molecule has 1 aromatic heterocycles. The monoisotopic (exact) mass is 478 g/mol. The summed E-state index contributed by atoms with van der Waals surface area (Å²) in [5.74, 6) is 1.74. The van der Waals surface area contributed by atoms with E-state index in [2.05, 4.69) is 24.1 Å². The van der Waals surface area contributed by atoms with E-state index < -0.39 is 0 Å². The minimum absolute atomic E-state index is 0.0184. The SMILES string of the molecule is CCN(CC)CCOc1cc(NC(=O)CCc2nc3ccccc3c(=O)n2C2CC2)ccc1OC. The minimum Gasteiger partial charge on any atom is -0.493 e. The molecule has 1 fully saturated rings. The van der Waals surface area contributed by atoms with Crippen molar-refractivity contribution in [2.75, 3.05) is 38.7 Å². The van der Waals surface area contributed by atoms with Gasteiger partial charge in [-0.2, -0.15) is 0 Å². The number of amides is 1. The number of carbonyl (C=O) groups excluding carboxylic acids is 1. The number of rotatable bonds is 12. The normalized spacial score (nSPS) is 13.3. The molecule has 1 saturated carbocycles. The second-order valence-corrected chi connectivity index (χ2v) is 8.74. The Morgan fingerprint density at radius 1 is 1.14 bits per heavy atom. The highest BCUT2D eigenvalue weighted by Gasteiger charge is 2.28. The van der Waals surface area contributed by atoms with Crippen molar-refractivity contribution in [3.8, 4) is 11.5 Å². The number of hydrogen-bond acceptors (Lipinski definition) is 6. The summed E-state index contributed by atoms with van der Waals surface area (Å²) in [7, 11) is 1.60. The highest BCUT2D eigenvalue weighted by atomic mass is 16.5. The van der Waals surface area contributed by atoms with Crippen molar-refractivity contribution in [2.45, 2.75) is 45.6 Å². The molecule has 35 heavy (non-hydrogen) atoms. The van der Waals surface area contributed by atoms with Crippen LogP contribution >= 0.6 is 0 Å². The fourth-order valence-electron chi connectivity index (χ4n) is 4.22. The zero-order chi connectivity index (χ0) is 24.8. The maximum absolute atomic E-state index is 13.0. The summed E-state index contributed by atoms with van der Waals surface area (Å²) in [4.78, 5) is 32.8. The molecule has 8 heteroatoms. The molecule has 0 unspecified atom stereocenters. The molecule has 0 spiro atoms. The molecule has 8 nitrogen and oxygen atoms in total. The highest BCUT2D eigenvalue weighted by molar-refractivity contribution is 5.91. The molecule has 1 N–H and O–H groups in total. The van der Waals surface area contributed by atoms with Gasteiger partial charge in [0.15, 0.2) is 11.5 Å². The number of nitrogens with one attached hydrogen (secondary N) is 1. The summed E-state index contributed by atoms with van der Waals surface area (Å²) in [6.45, 7) is 7.52. The first-order valence-corrected chi connectivity index (χ1v) is 12.4. The van der Waals surface area contributed by atoms with Gasteiger partial charge in [-0.25, -0.2) is 4.98 Å². The molecular weight excluding hydrogens is 444 g/mol. The van der Waals surface area contributed by atoms with E-state index in [4.69, 9.17) is 14.5 Å². The summed E-state index contributed by atoms with van der Waals surface area (Å²) in [6, 6.07) is 12.9. The van der Waals surface area contributed by atoms with Crippen molar-refractivity contribution >= 4 is 22.5 Å². The standard InChI is InChI=1S/C27H34N4O4/c1-4-30(5-2)16-17-35-24-18-19(10-13-23(24)34-3)28-26(32)15-14-25-29-22-9-7-6-8-21(22)27(33)31(25)20-11-12-20/h6-10,13,18,20H,4-5,11-12,14-17H2,1-3H3,(H,28,32). The molecule has 1 heterocycles. The van der Waals surface area contributed by atoms with Crippen LogP contribution in [0.4, 0.5) is 5.69 Å². The van der Waals surface area contributed by atoms with Crippen LogP contribution in [0.5, 0.6) is 11.5 Å². The number of ether oxygens (including phenoxy) is 2. The Morgan fingerprint density at radius 3 is 2.63 bits per heavy atom. The van der Waals surface area contributed by atoms with Gasteiger partial charge in [-0.05, 0) is 50.2 Å². The summed E-state index contributed by atoms with van der Waals surface area (Å²) >= 11 is 0. The molecule has 0 aliphatic heterocycles. The zero-order valence-electron chi connectivity index (χ0n) is 20.8. The molecule has 2 aromatic carbocycles. The van der Waals surface area contributed by atoms with E-state index >= 15 is 0 Å². The Labute approximate surface area is 205 Å². The van der Waals surface area contributed by atoms with Crippen LogP contribution in [0.25, 0.3) is 10.9 Å². The van der Waals surface area contributed by atoms with Crippen molar-refractivity contribution in [1.29, 1.82) is 0 Å². The maximum Gasteiger partial charge on any atom is 0.261 e. The van der Waals surface area contributed by atoms with Crippen LogP contribution in [0.15, 0.2) is 47.3 Å². The predicted molar refractivity (Wildman–Crippen MR) is 138 cm³/mol. The van der Waals surface area contributed by atoms with E-state index in [1.165, 1.54) is 0 Å². The van der Waals surface area contributed by atoms with Crippen LogP contribution in [0.3, 0.4) is 0 Å². The number of anilines is 1. The number of aromatic nitrogens is 2. The molecule has 0 atom stereocenters. The predicted octanol–water partition coefficient (Wildman–Crippen LogP) is 4.03. The first-order valence-electron chi connectivity index (χ1n) is 12.4. The lowest BCUT2D eigenvalue weighted by Crippen LogP contribution is -2.28. The van der Waals surface area contributed by atoms with Gasteiger partial charge in [0.05, 0.1) is 18.0 Å². The number of likely N-dealkylation sites (N-methyl/N-ethyl adjacent to an activating group) is 1. The Balaban J connectivity index is 1.42. The molecule has 186 valence electrons. The summed E-state index contributed by atoms with van der Waals surface area (Å²) < 4.78 is 13.2. The van der Waals surface area contributed by atoms with Crippen LogP contribution in [0.1, 0.15) is 45.0 Å². The molecule has 1 aliphatic rings. The average molecular weight is 479 g/mol. The fraction of sp³-hybridized carbons (Fsp3) is 0.444. The van der Waals surface area contributed by atoms with E-state index in [0.29, 0.717) is 46.9 Å². The smallest absolute Gasteiger partial charge is 0.261 e. The summed E-state index contributed by atoms with van der Waals surface area (Å²) in [5.41, 5.74) is 1.29. The topological polar surface area (TPSA) is 85.7 Å². The van der Waals surface area contributed by atoms with Gasteiger partial charge < -0.3 is 19.7 Å². The number of hydrogen-bond donors (Lipinski definition) is 1. The number of benzene rings is 2. The van der Waals surface area contributed by atoms with E-state index in [0.717, 1.165) is 32.5 Å². The Kier molecular flexibility index (Phi) is 8.02. The van der Waals surface area contributed by atoms with Crippen LogP contribution in [0.2, 0.25) is 0 Å². The van der Waals surface area contributed by atoms with Gasteiger partial charge >= 0.3 is 0 Å². The molecule has 0 radical (unpaired) electrons. The number of aryl methyl sites for hydroxylation is 1. The molecule has 1 aliphatic carbocycles. The van der Waals surface area contributed by atoms with Gasteiger partial charge in [0.2, 0.25) is 5.91 Å². The molecule has 0 saturated heterocycles. The van der Waals surface area contributed by atoms with Crippen molar-refractivity contribution in [2.24, 2.45) is 0 Å². The van der Waals surface area contributed by atoms with E-state index in [1.54, 1.807) is 29.9 Å². The summed E-state index contributed by atoms with van der Waals surface area (Å²) in [5, 5.41) is 3.57. The van der Waals surface area contributed by atoms with E-state index in [1.807, 2.05) is 24.3 Å². The molecular formula is C27H34N4O4. The largest absolute Gasteiger partial charge is 0.493 e. The average Bonchev–Trinajstić information content (AvgIpc) is 3.71. The lowest BCUT2D eigenvalue weighted by molar-refractivity contribution is -0.116. The van der Waals surface area contributed by atoms with Crippen LogP contribution < -0.4 is 20.3 Å². The van der Waals surface area contributed by atoms with Gasteiger partial charge in [-0.1, -0.05) is 26.0 Å². The third-order valence-corrected chi connectivity index (χ3v) is 6.38. The highest BCUT2D eigenvalue weighted by Crippen LogP contribution is 2.35. The van der Waals surface area contributed by atoms with Crippen LogP contribution in [-0.2, 0) is 11.2 Å². The van der Waals surface area contributed by atoms with Crippen molar-refractivity contribution < 1.29 is 14.3 Å². The first kappa shape index (κ1) is 24.7. The number of carbonyl (C=O) groups is 1. The van der Waals surface area contributed by atoms with Crippen molar-refractivity contribution in [3.05, 3.63) is 58.6 Å². The maximum atomic E-state index is 13.0. The number of nitrogens with zero attached hydrogens (tertiary/aromatic N) is 3. The minimum atomic E-state index is -0.144. The molecule has 0 bridgehead atoms. The van der Waals surface area contributed by atoms with Gasteiger partial charge in [-0.15, -0.1) is 0 Å². The molecule has 1 amide bonds. The van der Waals surface area contributed by atoms with Crippen molar-refractivity contribution in [3.63, 3.8) is 0 Å². The molecule has 3 aromatic rings. The number of methoxy groups -OCH3 is 1. The zero-order valence-corrected chi connectivity index (χ0v) is 20.8. The van der Waals surface area contributed by atoms with Gasteiger partial charge in [0, 0.05) is 37.2 Å². The number of para-hydroxylation sites is 1. The Bertz CT molecular complexity index is 1230. The summed E-state index contributed by atoms with van der Waals surface area (Å²) in [6.07, 6.45) is 2.57. The van der Waals surface area contributed by atoms with Gasteiger partial charge in [0.1, 0.15) is 12.4 Å². The van der Waals surface area contributed by atoms with Crippen LogP contribution in [-0.4, -0.2) is 53.7 Å². The third-order valence-electron chi connectivity index (χ3n) is 6.38. The van der Waals surface area contributed by atoms with E-state index in [-0.39, 0.29) is 23.9 Å². The fourth-order valence-corrected chi connectivity index (χ4v) is 4.22. The van der Waals surface area contributed by atoms with E-state index in [9.17, 15) is 9.59 Å². The van der Waals surface area contributed by atoms with Gasteiger partial charge in [-0.3, -0.25) is 14.2 Å². The van der Waals surface area contributed by atoms with Crippen LogP contribution in [0, 0.1) is 0 Å². The van der Waals surface area contributed by atoms with Gasteiger partial charge in [0.25, 0.3) is 5.56 Å². The lowest BCUT2D eigenvalue weighted by atomic mass is 10.2. The number of fused-ring (bicyclic) bond motifs is 1. The van der Waals surface area contributed by atoms with Crippen molar-refractivity contribution in [1.82, 2.24) is 14.5 Å². The Morgan fingerprint density at radius 2 is 1.91 bits per heavy atom. The lowest BCUT2D eigenvalue weighted by Gasteiger charge is -2.19. The quantitative estimate of drug-likeness (QED) is 0.423. The third kappa shape index (κ3) is 6.00. The Hall–Kier alpha value is -3.39. The second-order valence-electron chi connectivity index (χ2n) is 8.74. The second kappa shape index (κ2) is 11.4.